The number of hydrogen-bond donors (Lipinski definition) is 0. The zero-order valence-corrected chi connectivity index (χ0v) is 12.7. The Kier molecular flexibility index (Phi) is 4.14. The van der Waals surface area contributed by atoms with Crippen molar-refractivity contribution >= 4 is 17.9 Å². The van der Waals surface area contributed by atoms with Gasteiger partial charge in [-0.1, -0.05) is 0 Å². The molecule has 0 spiro atoms. The molecule has 0 unspecified atom stereocenters. The minimum absolute atomic E-state index is 0.163. The molecule has 23 heavy (non-hydrogen) atoms. The molecule has 0 radical (unpaired) electrons. The van der Waals surface area contributed by atoms with Crippen LogP contribution in [0.5, 0.6) is 5.88 Å². The molecule has 0 saturated carbocycles. The van der Waals surface area contributed by atoms with Crippen LogP contribution in [0.3, 0.4) is 0 Å². The highest BCUT2D eigenvalue weighted by atomic mass is 16.6. The van der Waals surface area contributed by atoms with E-state index in [0.29, 0.717) is 31.5 Å². The maximum Gasteiger partial charge on any atom is 0.417 e. The number of likely N-dealkylation sites (tertiary alicyclic amines) is 1. The summed E-state index contributed by atoms with van der Waals surface area (Å²) in [6, 6.07) is 3.14. The van der Waals surface area contributed by atoms with Crippen molar-refractivity contribution in [3.8, 4) is 5.88 Å². The lowest BCUT2D eigenvalue weighted by Gasteiger charge is -2.34. The number of methoxy groups -OCH3 is 1. The number of ether oxygens (including phenoxy) is 2. The Bertz CT molecular complexity index is 624. The number of hydrogen-bond acceptors (Lipinski definition) is 6. The second-order valence-corrected chi connectivity index (χ2v) is 5.40. The van der Waals surface area contributed by atoms with Gasteiger partial charge in [0.1, 0.15) is 5.56 Å². The highest BCUT2D eigenvalue weighted by Gasteiger charge is 2.39. The lowest BCUT2D eigenvalue weighted by molar-refractivity contribution is -0.127. The predicted octanol–water partition coefficient (Wildman–Crippen LogP) is 0.674. The first-order valence-corrected chi connectivity index (χ1v) is 7.39. The van der Waals surface area contributed by atoms with Gasteiger partial charge in [-0.05, 0) is 25.0 Å². The largest absolute Gasteiger partial charge is 0.480 e. The third-order valence-electron chi connectivity index (χ3n) is 4.10. The fourth-order valence-corrected chi connectivity index (χ4v) is 2.93. The summed E-state index contributed by atoms with van der Waals surface area (Å²) >= 11 is 0. The Morgan fingerprint density at radius 2 is 2.09 bits per heavy atom. The van der Waals surface area contributed by atoms with Crippen LogP contribution >= 0.6 is 0 Å². The molecule has 2 aliphatic rings. The molecule has 8 heteroatoms. The summed E-state index contributed by atoms with van der Waals surface area (Å²) in [5, 5.41) is 0. The Hall–Kier alpha value is -2.64. The van der Waals surface area contributed by atoms with Crippen molar-refractivity contribution in [2.75, 3.05) is 26.8 Å². The molecule has 122 valence electrons. The van der Waals surface area contributed by atoms with E-state index < -0.39 is 6.09 Å². The van der Waals surface area contributed by atoms with Crippen LogP contribution < -0.4 is 4.74 Å². The van der Waals surface area contributed by atoms with Crippen molar-refractivity contribution in [1.82, 2.24) is 14.8 Å². The van der Waals surface area contributed by atoms with Crippen molar-refractivity contribution in [1.29, 1.82) is 0 Å². The summed E-state index contributed by atoms with van der Waals surface area (Å²) in [5.41, 5.74) is 0.408. The number of cyclic esters (lactones) is 1. The van der Waals surface area contributed by atoms with Gasteiger partial charge in [-0.2, -0.15) is 0 Å². The van der Waals surface area contributed by atoms with E-state index in [1.807, 2.05) is 0 Å². The first-order chi connectivity index (χ1) is 11.1. The monoisotopic (exact) mass is 319 g/mol. The van der Waals surface area contributed by atoms with Crippen LogP contribution in [-0.4, -0.2) is 65.5 Å². The van der Waals surface area contributed by atoms with Crippen molar-refractivity contribution in [3.05, 3.63) is 23.9 Å². The lowest BCUT2D eigenvalue weighted by Crippen LogP contribution is -2.48. The average molecular weight is 319 g/mol. The van der Waals surface area contributed by atoms with Crippen molar-refractivity contribution in [2.45, 2.75) is 18.9 Å². The number of carbonyl (C=O) groups excluding carboxylic acids is 3. The summed E-state index contributed by atoms with van der Waals surface area (Å²) in [5.74, 6) is -0.185. The number of aromatic nitrogens is 1. The molecule has 2 saturated heterocycles. The number of rotatable bonds is 3. The van der Waals surface area contributed by atoms with Crippen molar-refractivity contribution in [2.24, 2.45) is 0 Å². The van der Waals surface area contributed by atoms with Gasteiger partial charge in [0.05, 0.1) is 7.11 Å². The van der Waals surface area contributed by atoms with Gasteiger partial charge < -0.3 is 14.4 Å². The summed E-state index contributed by atoms with van der Waals surface area (Å²) in [7, 11) is 1.47. The van der Waals surface area contributed by atoms with Crippen LogP contribution in [0.15, 0.2) is 18.3 Å². The molecule has 8 nitrogen and oxygen atoms in total. The molecule has 2 aliphatic heterocycles. The standard InChI is InChI=1S/C15H17N3O5/c1-22-13-11(3-2-6-16-13)14(20)17-7-4-10(5-8-17)18-12(19)9-23-15(18)21/h2-3,6,10H,4-5,7-9H2,1H3. The summed E-state index contributed by atoms with van der Waals surface area (Å²) in [6.07, 6.45) is 2.05. The highest BCUT2D eigenvalue weighted by Crippen LogP contribution is 2.23. The fourth-order valence-electron chi connectivity index (χ4n) is 2.93. The van der Waals surface area contributed by atoms with E-state index >= 15 is 0 Å². The number of carbonyl (C=O) groups is 3. The summed E-state index contributed by atoms with van der Waals surface area (Å²) < 4.78 is 9.85. The molecule has 2 fully saturated rings. The molecule has 3 heterocycles. The average Bonchev–Trinajstić information content (AvgIpc) is 2.93. The molecular weight excluding hydrogens is 302 g/mol. The van der Waals surface area contributed by atoms with Crippen LogP contribution in [0.1, 0.15) is 23.2 Å². The van der Waals surface area contributed by atoms with Gasteiger partial charge in [-0.15, -0.1) is 0 Å². The van der Waals surface area contributed by atoms with Crippen molar-refractivity contribution in [3.63, 3.8) is 0 Å². The van der Waals surface area contributed by atoms with E-state index in [2.05, 4.69) is 4.98 Å². The Morgan fingerprint density at radius 3 is 2.70 bits per heavy atom. The smallest absolute Gasteiger partial charge is 0.417 e. The quantitative estimate of drug-likeness (QED) is 0.814. The maximum atomic E-state index is 12.6. The molecule has 1 aromatic rings. The SMILES string of the molecule is COc1ncccc1C(=O)N1CCC(N2C(=O)COC2=O)CC1. The Balaban J connectivity index is 1.66. The minimum atomic E-state index is -0.589. The van der Waals surface area contributed by atoms with Gasteiger partial charge >= 0.3 is 6.09 Å². The van der Waals surface area contributed by atoms with E-state index in [1.54, 1.807) is 23.2 Å². The Morgan fingerprint density at radius 1 is 1.35 bits per heavy atom. The number of imide groups is 1. The number of amides is 3. The molecule has 3 amide bonds. The molecular formula is C15H17N3O5. The molecule has 0 atom stereocenters. The first kappa shape index (κ1) is 15.3. The predicted molar refractivity (Wildman–Crippen MR) is 77.9 cm³/mol. The van der Waals surface area contributed by atoms with E-state index in [4.69, 9.17) is 9.47 Å². The third-order valence-corrected chi connectivity index (χ3v) is 4.10. The van der Waals surface area contributed by atoms with E-state index in [9.17, 15) is 14.4 Å². The maximum absolute atomic E-state index is 12.6. The van der Waals surface area contributed by atoms with Gasteiger partial charge in [0.25, 0.3) is 11.8 Å². The Labute approximate surface area is 133 Å². The van der Waals surface area contributed by atoms with Gasteiger partial charge in [0.15, 0.2) is 6.61 Å². The van der Waals surface area contributed by atoms with Crippen LogP contribution in [0.25, 0.3) is 0 Å². The van der Waals surface area contributed by atoms with Crippen molar-refractivity contribution < 1.29 is 23.9 Å². The number of piperidine rings is 1. The zero-order chi connectivity index (χ0) is 16.4. The van der Waals surface area contributed by atoms with Gasteiger partial charge in [-0.3, -0.25) is 9.59 Å². The minimum Gasteiger partial charge on any atom is -0.480 e. The van der Waals surface area contributed by atoms with E-state index in [-0.39, 0.29) is 30.3 Å². The highest BCUT2D eigenvalue weighted by molar-refractivity contribution is 5.98. The van der Waals surface area contributed by atoms with Crippen LogP contribution in [-0.2, 0) is 9.53 Å². The van der Waals surface area contributed by atoms with Gasteiger partial charge in [-0.25, -0.2) is 14.7 Å². The zero-order valence-electron chi connectivity index (χ0n) is 12.7. The van der Waals surface area contributed by atoms with E-state index in [1.165, 1.54) is 12.0 Å². The number of pyridine rings is 1. The third kappa shape index (κ3) is 2.84. The summed E-state index contributed by atoms with van der Waals surface area (Å²) in [4.78, 5) is 42.7. The fraction of sp³-hybridized carbons (Fsp3) is 0.467. The van der Waals surface area contributed by atoms with Crippen LogP contribution in [0, 0.1) is 0 Å². The number of nitrogens with zero attached hydrogens (tertiary/aromatic N) is 3. The molecule has 0 aliphatic carbocycles. The summed E-state index contributed by atoms with van der Waals surface area (Å²) in [6.45, 7) is 0.724. The van der Waals surface area contributed by atoms with Gasteiger partial charge in [0.2, 0.25) is 5.88 Å². The molecule has 0 aromatic carbocycles. The van der Waals surface area contributed by atoms with Crippen LogP contribution in [0.2, 0.25) is 0 Å². The normalized spacial score (nSPS) is 19.0. The lowest BCUT2D eigenvalue weighted by atomic mass is 10.0. The topological polar surface area (TPSA) is 89.0 Å². The molecule has 1 aromatic heterocycles. The second-order valence-electron chi connectivity index (χ2n) is 5.40. The first-order valence-electron chi connectivity index (χ1n) is 7.39. The molecule has 0 N–H and O–H groups in total. The molecule has 3 rings (SSSR count). The second kappa shape index (κ2) is 6.23. The molecule has 0 bridgehead atoms. The van der Waals surface area contributed by atoms with Crippen LogP contribution in [0.4, 0.5) is 4.79 Å². The van der Waals surface area contributed by atoms with E-state index in [0.717, 1.165) is 0 Å². The van der Waals surface area contributed by atoms with Gasteiger partial charge in [0, 0.05) is 25.3 Å².